The number of rotatable bonds is 4. The quantitative estimate of drug-likeness (QED) is 0.497. The third-order valence-electron chi connectivity index (χ3n) is 5.63. The van der Waals surface area contributed by atoms with Crippen LogP contribution in [-0.4, -0.2) is 12.2 Å². The maximum atomic E-state index is 7.54. The molecule has 1 aliphatic rings. The van der Waals surface area contributed by atoms with E-state index in [9.17, 15) is 0 Å². The molecule has 3 heteroatoms. The summed E-state index contributed by atoms with van der Waals surface area (Å²) in [7, 11) is 1.84. The zero-order chi connectivity index (χ0) is 19.9. The van der Waals surface area contributed by atoms with Gasteiger partial charge in [0.1, 0.15) is 5.17 Å². The third kappa shape index (κ3) is 3.04. The summed E-state index contributed by atoms with van der Waals surface area (Å²) in [6.45, 7) is 4.59. The number of benzene rings is 3. The highest BCUT2D eigenvalue weighted by molar-refractivity contribution is 6.68. The van der Waals surface area contributed by atoms with E-state index in [-0.39, 0.29) is 10.6 Å². The number of hydrogen-bond acceptors (Lipinski definition) is 2. The molecule has 0 radical (unpaired) electrons. The number of nitrogens with one attached hydrogen (secondary N) is 2. The second kappa shape index (κ2) is 6.96. The van der Waals surface area contributed by atoms with Gasteiger partial charge in [0.15, 0.2) is 0 Å². The van der Waals surface area contributed by atoms with Gasteiger partial charge in [0.2, 0.25) is 0 Å². The molecular weight excluding hydrogens is 364 g/mol. The molecule has 0 amide bonds. The summed E-state index contributed by atoms with van der Waals surface area (Å²) >= 11 is 5.76. The van der Waals surface area contributed by atoms with Crippen LogP contribution in [-0.2, 0) is 5.41 Å². The molecule has 0 unspecified atom stereocenters. The lowest BCUT2D eigenvalue weighted by atomic mass is 9.81. The first-order chi connectivity index (χ1) is 13.4. The molecule has 0 fully saturated rings. The topological polar surface area (TPSA) is 35.9 Å². The van der Waals surface area contributed by atoms with Gasteiger partial charge in [-0.05, 0) is 57.2 Å². The molecule has 3 aromatic carbocycles. The van der Waals surface area contributed by atoms with E-state index >= 15 is 0 Å². The van der Waals surface area contributed by atoms with Crippen molar-refractivity contribution >= 4 is 22.5 Å². The van der Waals surface area contributed by atoms with Crippen LogP contribution in [0.5, 0.6) is 0 Å². The molecule has 0 heterocycles. The van der Waals surface area contributed by atoms with Gasteiger partial charge in [-0.3, -0.25) is 5.41 Å². The zero-order valence-electron chi connectivity index (χ0n) is 16.3. The van der Waals surface area contributed by atoms with E-state index in [1.807, 2.05) is 19.2 Å². The third-order valence-corrected chi connectivity index (χ3v) is 5.74. The highest BCUT2D eigenvalue weighted by atomic mass is 35.5. The summed E-state index contributed by atoms with van der Waals surface area (Å²) in [5.74, 6) is 0. The Morgan fingerprint density at radius 3 is 2.36 bits per heavy atom. The molecule has 2 N–H and O–H groups in total. The Morgan fingerprint density at radius 1 is 0.893 bits per heavy atom. The van der Waals surface area contributed by atoms with Crippen LogP contribution in [0.25, 0.3) is 28.0 Å². The molecule has 0 bridgehead atoms. The average molecular weight is 387 g/mol. The molecule has 0 aromatic heterocycles. The fourth-order valence-electron chi connectivity index (χ4n) is 4.18. The van der Waals surface area contributed by atoms with Crippen molar-refractivity contribution in [1.82, 2.24) is 5.32 Å². The zero-order valence-corrected chi connectivity index (χ0v) is 17.1. The first-order valence-corrected chi connectivity index (χ1v) is 9.78. The number of allylic oxidation sites excluding steroid dienone is 1. The predicted octanol–water partition coefficient (Wildman–Crippen LogP) is 6.44. The fourth-order valence-corrected chi connectivity index (χ4v) is 4.29. The van der Waals surface area contributed by atoms with Gasteiger partial charge >= 0.3 is 0 Å². The van der Waals surface area contributed by atoms with Gasteiger partial charge in [0, 0.05) is 18.2 Å². The lowest BCUT2D eigenvalue weighted by Gasteiger charge is -2.22. The largest absolute Gasteiger partial charge is 0.388 e. The Bertz CT molecular complexity index is 1110. The minimum atomic E-state index is -0.0106. The van der Waals surface area contributed by atoms with Gasteiger partial charge in [-0.25, -0.2) is 0 Å². The average Bonchev–Trinajstić information content (AvgIpc) is 2.93. The molecule has 0 atom stereocenters. The van der Waals surface area contributed by atoms with E-state index < -0.39 is 0 Å². The summed E-state index contributed by atoms with van der Waals surface area (Å²) in [4.78, 5) is 0. The van der Waals surface area contributed by atoms with Gasteiger partial charge in [-0.1, -0.05) is 80.0 Å². The second-order valence-corrected chi connectivity index (χ2v) is 8.07. The first-order valence-electron chi connectivity index (χ1n) is 9.40. The highest BCUT2D eigenvalue weighted by Crippen LogP contribution is 2.49. The van der Waals surface area contributed by atoms with Crippen LogP contribution in [0.4, 0.5) is 0 Å². The molecule has 4 rings (SSSR count). The smallest absolute Gasteiger partial charge is 0.122 e. The molecule has 0 aliphatic heterocycles. The predicted molar refractivity (Wildman–Crippen MR) is 120 cm³/mol. The van der Waals surface area contributed by atoms with Gasteiger partial charge < -0.3 is 5.32 Å². The van der Waals surface area contributed by atoms with Crippen LogP contribution in [0.2, 0.25) is 0 Å². The maximum absolute atomic E-state index is 7.54. The van der Waals surface area contributed by atoms with Crippen LogP contribution >= 0.6 is 11.6 Å². The standard InChI is InChI=1S/C25H23ClN2/c1-25(2)21-10-5-4-9-19(21)20-12-11-17(14-22(20)25)16-7-6-8-18(13-16)23(28-3)15-24(26)27/h4-15,27-28H,1-3H3/b23-15-,27-24?. The monoisotopic (exact) mass is 386 g/mol. The number of halogens is 1. The van der Waals surface area contributed by atoms with Crippen LogP contribution in [0.1, 0.15) is 30.5 Å². The Labute approximate surface area is 171 Å². The molecule has 1 aliphatic carbocycles. The molecule has 3 aromatic rings. The van der Waals surface area contributed by atoms with Crippen molar-refractivity contribution in [1.29, 1.82) is 5.41 Å². The number of hydrogen-bond donors (Lipinski definition) is 2. The van der Waals surface area contributed by atoms with E-state index in [2.05, 4.69) is 73.8 Å². The van der Waals surface area contributed by atoms with Crippen molar-refractivity contribution in [3.8, 4) is 22.3 Å². The van der Waals surface area contributed by atoms with Gasteiger partial charge in [0.25, 0.3) is 0 Å². The summed E-state index contributed by atoms with van der Waals surface area (Å²) in [5, 5.41) is 10.7. The molecular formula is C25H23ClN2. The van der Waals surface area contributed by atoms with Crippen LogP contribution in [0.3, 0.4) is 0 Å². The van der Waals surface area contributed by atoms with Crippen molar-refractivity contribution in [2.24, 2.45) is 0 Å². The summed E-state index contributed by atoms with van der Waals surface area (Å²) < 4.78 is 0. The molecule has 140 valence electrons. The van der Waals surface area contributed by atoms with E-state index in [4.69, 9.17) is 17.0 Å². The summed E-state index contributed by atoms with van der Waals surface area (Å²) in [6.07, 6.45) is 1.63. The minimum Gasteiger partial charge on any atom is -0.388 e. The van der Waals surface area contributed by atoms with Crippen molar-refractivity contribution in [3.63, 3.8) is 0 Å². The molecule has 0 spiro atoms. The Hall–Kier alpha value is -2.84. The van der Waals surface area contributed by atoms with E-state index in [0.717, 1.165) is 16.8 Å². The SMILES string of the molecule is CN/C(=C\C(=N)Cl)c1cccc(-c2ccc3c(c2)C(C)(C)c2ccccc2-3)c1. The van der Waals surface area contributed by atoms with Crippen LogP contribution in [0.15, 0.2) is 72.8 Å². The van der Waals surface area contributed by atoms with Crippen molar-refractivity contribution in [2.75, 3.05) is 7.05 Å². The van der Waals surface area contributed by atoms with Crippen LogP contribution < -0.4 is 5.32 Å². The first kappa shape index (κ1) is 18.5. The summed E-state index contributed by atoms with van der Waals surface area (Å²) in [6, 6.07) is 23.8. The molecule has 28 heavy (non-hydrogen) atoms. The second-order valence-electron chi connectivity index (χ2n) is 7.67. The number of fused-ring (bicyclic) bond motifs is 3. The normalized spacial score (nSPS) is 14.4. The van der Waals surface area contributed by atoms with E-state index in [0.29, 0.717) is 0 Å². The fraction of sp³-hybridized carbons (Fsp3) is 0.160. The van der Waals surface area contributed by atoms with Crippen LogP contribution in [0, 0.1) is 5.41 Å². The van der Waals surface area contributed by atoms with E-state index in [1.165, 1.54) is 27.8 Å². The Kier molecular flexibility index (Phi) is 4.60. The van der Waals surface area contributed by atoms with Gasteiger partial charge in [-0.15, -0.1) is 0 Å². The molecule has 0 saturated heterocycles. The highest BCUT2D eigenvalue weighted by Gasteiger charge is 2.35. The van der Waals surface area contributed by atoms with Crippen molar-refractivity contribution in [3.05, 3.63) is 89.5 Å². The van der Waals surface area contributed by atoms with Gasteiger partial charge in [0.05, 0.1) is 0 Å². The Morgan fingerprint density at radius 2 is 1.61 bits per heavy atom. The Balaban J connectivity index is 1.80. The summed E-state index contributed by atoms with van der Waals surface area (Å²) in [5.41, 5.74) is 9.58. The molecule has 2 nitrogen and oxygen atoms in total. The molecule has 0 saturated carbocycles. The lowest BCUT2D eigenvalue weighted by Crippen LogP contribution is -2.14. The van der Waals surface area contributed by atoms with Crippen molar-refractivity contribution < 1.29 is 0 Å². The van der Waals surface area contributed by atoms with Gasteiger partial charge in [-0.2, -0.15) is 0 Å². The van der Waals surface area contributed by atoms with E-state index in [1.54, 1.807) is 6.08 Å². The van der Waals surface area contributed by atoms with Crippen molar-refractivity contribution in [2.45, 2.75) is 19.3 Å². The lowest BCUT2D eigenvalue weighted by molar-refractivity contribution is 0.660. The minimum absolute atomic E-state index is 0.00629. The maximum Gasteiger partial charge on any atom is 0.122 e.